The van der Waals surface area contributed by atoms with E-state index in [1.807, 2.05) is 66.1 Å². The van der Waals surface area contributed by atoms with E-state index >= 15 is 0 Å². The lowest BCUT2D eigenvalue weighted by Crippen LogP contribution is -2.24. The zero-order valence-electron chi connectivity index (χ0n) is 15.7. The van der Waals surface area contributed by atoms with Crippen LogP contribution in [0.15, 0.2) is 70.6 Å². The van der Waals surface area contributed by atoms with E-state index in [4.69, 9.17) is 9.73 Å². The van der Waals surface area contributed by atoms with E-state index < -0.39 is 0 Å². The molecule has 0 bridgehead atoms. The first-order valence-corrected chi connectivity index (χ1v) is 9.84. The summed E-state index contributed by atoms with van der Waals surface area (Å²) in [5, 5.41) is 4.15. The van der Waals surface area contributed by atoms with Crippen molar-refractivity contribution >= 4 is 27.2 Å². The minimum atomic E-state index is -0.127. The fraction of sp³-hybridized carbons (Fsp3) is 0.190. The summed E-state index contributed by atoms with van der Waals surface area (Å²) in [5.41, 5.74) is 2.41. The number of ether oxygens (including phenoxy) is 1. The topological polar surface area (TPSA) is 61.4 Å². The van der Waals surface area contributed by atoms with Gasteiger partial charge in [-0.25, -0.2) is 9.67 Å². The quantitative estimate of drug-likeness (QED) is 0.522. The molecule has 0 amide bonds. The van der Waals surface area contributed by atoms with E-state index in [2.05, 4.69) is 5.10 Å². The molecule has 2 aromatic carbocycles. The van der Waals surface area contributed by atoms with Gasteiger partial charge in [0.25, 0.3) is 5.56 Å². The summed E-state index contributed by atoms with van der Waals surface area (Å²) >= 11 is 1.46. The Balaban J connectivity index is 1.88. The standard InChI is InChI=1S/C21H20N4O2S/c1-3-27-17-11-9-16(10-12-17)23-21-25(14-15-7-5-4-6-8-15)19-18(28-21)13-22-24(2)20(19)26/h4-13H,3,14H2,1-2H3. The average molecular weight is 392 g/mol. The molecule has 0 saturated carbocycles. The van der Waals surface area contributed by atoms with Gasteiger partial charge in [0, 0.05) is 7.05 Å². The lowest BCUT2D eigenvalue weighted by Gasteiger charge is -2.06. The third kappa shape index (κ3) is 3.61. The van der Waals surface area contributed by atoms with Gasteiger partial charge in [0.15, 0.2) is 4.80 Å². The van der Waals surface area contributed by atoms with Crippen LogP contribution in [0, 0.1) is 0 Å². The molecule has 0 aliphatic heterocycles. The zero-order chi connectivity index (χ0) is 19.5. The highest BCUT2D eigenvalue weighted by Gasteiger charge is 2.12. The monoisotopic (exact) mass is 392 g/mol. The Labute approximate surface area is 166 Å². The summed E-state index contributed by atoms with van der Waals surface area (Å²) in [4.78, 5) is 18.3. The molecule has 7 heteroatoms. The Morgan fingerprint density at radius 2 is 1.86 bits per heavy atom. The van der Waals surface area contributed by atoms with Gasteiger partial charge < -0.3 is 9.30 Å². The van der Waals surface area contributed by atoms with Crippen molar-refractivity contribution in [3.8, 4) is 5.75 Å². The van der Waals surface area contributed by atoms with Crippen LogP contribution in [-0.4, -0.2) is 21.0 Å². The molecule has 142 valence electrons. The summed E-state index contributed by atoms with van der Waals surface area (Å²) < 4.78 is 9.64. The molecule has 28 heavy (non-hydrogen) atoms. The molecule has 0 saturated heterocycles. The van der Waals surface area contributed by atoms with Gasteiger partial charge >= 0.3 is 0 Å². The van der Waals surface area contributed by atoms with Crippen molar-refractivity contribution in [3.05, 3.63) is 81.5 Å². The second kappa shape index (κ2) is 7.82. The van der Waals surface area contributed by atoms with E-state index in [0.717, 1.165) is 26.5 Å². The Kier molecular flexibility index (Phi) is 5.08. The van der Waals surface area contributed by atoms with Crippen LogP contribution in [0.5, 0.6) is 5.75 Å². The van der Waals surface area contributed by atoms with Crippen LogP contribution in [0.1, 0.15) is 12.5 Å². The smallest absolute Gasteiger partial charge is 0.291 e. The molecule has 0 radical (unpaired) electrons. The lowest BCUT2D eigenvalue weighted by molar-refractivity contribution is 0.340. The number of benzene rings is 2. The summed E-state index contributed by atoms with van der Waals surface area (Å²) in [6.45, 7) is 3.15. The molecule has 2 aromatic heterocycles. The zero-order valence-corrected chi connectivity index (χ0v) is 16.5. The minimum Gasteiger partial charge on any atom is -0.494 e. The molecule has 0 atom stereocenters. The van der Waals surface area contributed by atoms with Crippen molar-refractivity contribution in [3.63, 3.8) is 0 Å². The van der Waals surface area contributed by atoms with Crippen LogP contribution in [-0.2, 0) is 13.6 Å². The minimum absolute atomic E-state index is 0.127. The Hall–Kier alpha value is -3.19. The third-order valence-corrected chi connectivity index (χ3v) is 5.35. The van der Waals surface area contributed by atoms with Gasteiger partial charge in [-0.15, -0.1) is 0 Å². The first kappa shape index (κ1) is 18.2. The normalized spacial score (nSPS) is 11.9. The summed E-state index contributed by atoms with van der Waals surface area (Å²) in [7, 11) is 1.66. The molecular weight excluding hydrogens is 372 g/mol. The van der Waals surface area contributed by atoms with Crippen molar-refractivity contribution in [1.29, 1.82) is 0 Å². The molecule has 4 aromatic rings. The van der Waals surface area contributed by atoms with Gasteiger partial charge in [0.2, 0.25) is 0 Å². The Morgan fingerprint density at radius 3 is 2.57 bits per heavy atom. The maximum atomic E-state index is 12.7. The van der Waals surface area contributed by atoms with Gasteiger partial charge in [-0.1, -0.05) is 41.7 Å². The second-order valence-corrected chi connectivity index (χ2v) is 7.29. The van der Waals surface area contributed by atoms with Crippen molar-refractivity contribution in [2.45, 2.75) is 13.5 Å². The first-order valence-electron chi connectivity index (χ1n) is 9.03. The number of fused-ring (bicyclic) bond motifs is 1. The van der Waals surface area contributed by atoms with E-state index in [1.54, 1.807) is 13.2 Å². The molecule has 0 fully saturated rings. The largest absolute Gasteiger partial charge is 0.494 e. The van der Waals surface area contributed by atoms with Crippen LogP contribution in [0.4, 0.5) is 5.69 Å². The Morgan fingerprint density at radius 1 is 1.11 bits per heavy atom. The average Bonchev–Trinajstić information content (AvgIpc) is 3.05. The summed E-state index contributed by atoms with van der Waals surface area (Å²) in [6.07, 6.45) is 1.72. The van der Waals surface area contributed by atoms with Crippen LogP contribution < -0.4 is 15.1 Å². The summed E-state index contributed by atoms with van der Waals surface area (Å²) in [5.74, 6) is 0.813. The van der Waals surface area contributed by atoms with Crippen molar-refractivity contribution in [2.24, 2.45) is 12.0 Å². The van der Waals surface area contributed by atoms with E-state index in [1.165, 1.54) is 16.0 Å². The van der Waals surface area contributed by atoms with Gasteiger partial charge in [-0.2, -0.15) is 5.10 Å². The van der Waals surface area contributed by atoms with Crippen LogP contribution >= 0.6 is 11.3 Å². The predicted octanol–water partition coefficient (Wildman–Crippen LogP) is 3.48. The Bertz CT molecular complexity index is 1220. The first-order chi connectivity index (χ1) is 13.7. The molecule has 2 heterocycles. The molecule has 0 aliphatic rings. The van der Waals surface area contributed by atoms with Crippen molar-refractivity contribution in [1.82, 2.24) is 14.3 Å². The molecule has 6 nitrogen and oxygen atoms in total. The number of rotatable bonds is 5. The number of aryl methyl sites for hydroxylation is 1. The number of nitrogens with zero attached hydrogens (tertiary/aromatic N) is 4. The molecule has 0 N–H and O–H groups in total. The molecular formula is C21H20N4O2S. The van der Waals surface area contributed by atoms with Gasteiger partial charge in [-0.3, -0.25) is 4.79 Å². The predicted molar refractivity (Wildman–Crippen MR) is 111 cm³/mol. The molecule has 0 spiro atoms. The van der Waals surface area contributed by atoms with Gasteiger partial charge in [0.05, 0.1) is 29.7 Å². The van der Waals surface area contributed by atoms with Crippen LogP contribution in [0.3, 0.4) is 0 Å². The highest BCUT2D eigenvalue weighted by Crippen LogP contribution is 2.19. The fourth-order valence-corrected chi connectivity index (χ4v) is 3.98. The number of hydrogen-bond donors (Lipinski definition) is 0. The van der Waals surface area contributed by atoms with E-state index in [-0.39, 0.29) is 5.56 Å². The van der Waals surface area contributed by atoms with Crippen LogP contribution in [0.2, 0.25) is 0 Å². The van der Waals surface area contributed by atoms with Gasteiger partial charge in [-0.05, 0) is 36.8 Å². The maximum absolute atomic E-state index is 12.7. The molecule has 0 unspecified atom stereocenters. The SMILES string of the molecule is CCOc1ccc(N=c2sc3cnn(C)c(=O)c3n2Cc2ccccc2)cc1. The maximum Gasteiger partial charge on any atom is 0.291 e. The van der Waals surface area contributed by atoms with E-state index in [0.29, 0.717) is 18.7 Å². The number of hydrogen-bond acceptors (Lipinski definition) is 5. The van der Waals surface area contributed by atoms with E-state index in [9.17, 15) is 4.79 Å². The number of aromatic nitrogens is 3. The molecule has 4 rings (SSSR count). The highest BCUT2D eigenvalue weighted by molar-refractivity contribution is 7.16. The lowest BCUT2D eigenvalue weighted by atomic mass is 10.2. The van der Waals surface area contributed by atoms with Crippen LogP contribution in [0.25, 0.3) is 10.2 Å². The molecule has 0 aliphatic carbocycles. The van der Waals surface area contributed by atoms with Crippen molar-refractivity contribution < 1.29 is 4.74 Å². The number of thiazole rings is 1. The highest BCUT2D eigenvalue weighted by atomic mass is 32.1. The van der Waals surface area contributed by atoms with Gasteiger partial charge in [0.1, 0.15) is 11.3 Å². The van der Waals surface area contributed by atoms with Crippen molar-refractivity contribution in [2.75, 3.05) is 6.61 Å². The fourth-order valence-electron chi connectivity index (χ4n) is 2.97. The third-order valence-electron chi connectivity index (χ3n) is 4.34. The summed E-state index contributed by atoms with van der Waals surface area (Å²) in [6, 6.07) is 17.7. The second-order valence-electron chi connectivity index (χ2n) is 6.28.